The van der Waals surface area contributed by atoms with Crippen LogP contribution in [0.1, 0.15) is 0 Å². The van der Waals surface area contributed by atoms with Crippen LogP contribution in [0, 0.1) is 0 Å². The van der Waals surface area contributed by atoms with E-state index in [2.05, 4.69) is 15.3 Å². The van der Waals surface area contributed by atoms with Crippen LogP contribution in [-0.4, -0.2) is 25.4 Å². The highest BCUT2D eigenvalue weighted by atomic mass is 35.5. The minimum absolute atomic E-state index is 0.265. The van der Waals surface area contributed by atoms with E-state index in [1.807, 2.05) is 0 Å². The first-order valence-electron chi connectivity index (χ1n) is 4.39. The molecule has 0 unspecified atom stereocenters. The Balaban J connectivity index is 2.63. The van der Waals surface area contributed by atoms with Crippen LogP contribution in [0.25, 0.3) is 0 Å². The van der Waals surface area contributed by atoms with Gasteiger partial charge < -0.3 is 9.47 Å². The van der Waals surface area contributed by atoms with Gasteiger partial charge in [-0.25, -0.2) is 4.79 Å². The number of hydrazone groups is 1. The maximum absolute atomic E-state index is 10.9. The van der Waals surface area contributed by atoms with Crippen molar-refractivity contribution in [3.05, 3.63) is 24.3 Å². The quantitative estimate of drug-likeness (QED) is 0.497. The molecule has 0 amide bonds. The van der Waals surface area contributed by atoms with Crippen LogP contribution in [0.2, 0.25) is 0 Å². The lowest BCUT2D eigenvalue weighted by molar-refractivity contribution is -0.132. The molecule has 0 spiro atoms. The first kappa shape index (κ1) is 12.3. The zero-order valence-electron chi connectivity index (χ0n) is 8.86. The maximum atomic E-state index is 10.9. The summed E-state index contributed by atoms with van der Waals surface area (Å²) in [5.41, 5.74) is 3.29. The smallest absolute Gasteiger partial charge is 0.370 e. The Hall–Kier alpha value is -1.75. The average molecular weight is 243 g/mol. The van der Waals surface area contributed by atoms with Crippen LogP contribution in [0.3, 0.4) is 0 Å². The number of carbonyl (C=O) groups is 1. The van der Waals surface area contributed by atoms with Crippen LogP contribution in [0.4, 0.5) is 5.69 Å². The fourth-order valence-corrected chi connectivity index (χ4v) is 1.03. The number of hydrogen-bond acceptors (Lipinski definition) is 5. The standard InChI is InChI=1S/C10H11ClN2O3/c1-15-8-5-3-7(4-6-8)12-13-9(11)10(14)16-2/h3-6,12H,1-2H3/b13-9+. The number of methoxy groups -OCH3 is 2. The van der Waals surface area contributed by atoms with Crippen LogP contribution in [0.5, 0.6) is 5.75 Å². The monoisotopic (exact) mass is 242 g/mol. The van der Waals surface area contributed by atoms with Crippen molar-refractivity contribution in [2.45, 2.75) is 0 Å². The number of nitrogens with zero attached hydrogens (tertiary/aromatic N) is 1. The molecule has 0 aliphatic carbocycles. The van der Waals surface area contributed by atoms with Crippen molar-refractivity contribution >= 4 is 28.4 Å². The fraction of sp³-hybridized carbons (Fsp3) is 0.200. The maximum Gasteiger partial charge on any atom is 0.370 e. The first-order valence-corrected chi connectivity index (χ1v) is 4.76. The van der Waals surface area contributed by atoms with Gasteiger partial charge in [0.25, 0.3) is 0 Å². The van der Waals surface area contributed by atoms with Crippen LogP contribution < -0.4 is 10.2 Å². The molecule has 1 rings (SSSR count). The highest BCUT2D eigenvalue weighted by molar-refractivity contribution is 6.82. The van der Waals surface area contributed by atoms with Gasteiger partial charge in [0.1, 0.15) is 5.75 Å². The molecule has 1 aromatic carbocycles. The molecule has 1 N–H and O–H groups in total. The minimum atomic E-state index is -0.692. The zero-order chi connectivity index (χ0) is 12.0. The zero-order valence-corrected chi connectivity index (χ0v) is 9.62. The summed E-state index contributed by atoms with van der Waals surface area (Å²) in [4.78, 5) is 10.9. The summed E-state index contributed by atoms with van der Waals surface area (Å²) in [6, 6.07) is 6.99. The van der Waals surface area contributed by atoms with Gasteiger partial charge in [0.2, 0.25) is 5.17 Å². The van der Waals surface area contributed by atoms with Gasteiger partial charge in [-0.15, -0.1) is 0 Å². The molecule has 0 aliphatic heterocycles. The van der Waals surface area contributed by atoms with Crippen LogP contribution >= 0.6 is 11.6 Å². The Morgan fingerprint density at radius 1 is 1.31 bits per heavy atom. The number of hydrogen-bond donors (Lipinski definition) is 1. The molecule has 0 saturated carbocycles. The Labute approximate surface area is 98.0 Å². The molecule has 0 saturated heterocycles. The molecule has 0 radical (unpaired) electrons. The second kappa shape index (κ2) is 5.97. The van der Waals surface area contributed by atoms with Gasteiger partial charge in [-0.3, -0.25) is 5.43 Å². The van der Waals surface area contributed by atoms with Crippen molar-refractivity contribution in [3.63, 3.8) is 0 Å². The van der Waals surface area contributed by atoms with Crippen molar-refractivity contribution in [2.24, 2.45) is 5.10 Å². The molecule has 0 fully saturated rings. The van der Waals surface area contributed by atoms with Gasteiger partial charge in [-0.05, 0) is 24.3 Å². The second-order valence-electron chi connectivity index (χ2n) is 2.73. The average Bonchev–Trinajstić information content (AvgIpc) is 2.35. The third-order valence-corrected chi connectivity index (χ3v) is 1.97. The largest absolute Gasteiger partial charge is 0.497 e. The van der Waals surface area contributed by atoms with Crippen LogP contribution in [-0.2, 0) is 9.53 Å². The highest BCUT2D eigenvalue weighted by Crippen LogP contribution is 2.14. The van der Waals surface area contributed by atoms with E-state index in [1.54, 1.807) is 31.4 Å². The lowest BCUT2D eigenvalue weighted by Crippen LogP contribution is -2.11. The predicted octanol–water partition coefficient (Wildman–Crippen LogP) is 1.83. The molecule has 0 aromatic heterocycles. The van der Waals surface area contributed by atoms with Gasteiger partial charge in [-0.1, -0.05) is 11.6 Å². The van der Waals surface area contributed by atoms with E-state index in [0.29, 0.717) is 5.69 Å². The van der Waals surface area contributed by atoms with E-state index in [4.69, 9.17) is 16.3 Å². The molecular weight excluding hydrogens is 232 g/mol. The topological polar surface area (TPSA) is 59.9 Å². The van der Waals surface area contributed by atoms with E-state index in [1.165, 1.54) is 7.11 Å². The second-order valence-corrected chi connectivity index (χ2v) is 3.09. The molecule has 86 valence electrons. The molecule has 0 bridgehead atoms. The summed E-state index contributed by atoms with van der Waals surface area (Å²) in [5.74, 6) is 0.0382. The van der Waals surface area contributed by atoms with Crippen molar-refractivity contribution in [3.8, 4) is 5.75 Å². The molecule has 0 heterocycles. The summed E-state index contributed by atoms with van der Waals surface area (Å²) in [5, 5.41) is 3.37. The predicted molar refractivity (Wildman–Crippen MR) is 61.9 cm³/mol. The van der Waals surface area contributed by atoms with E-state index in [9.17, 15) is 4.79 Å². The van der Waals surface area contributed by atoms with E-state index < -0.39 is 5.97 Å². The Morgan fingerprint density at radius 3 is 2.44 bits per heavy atom. The highest BCUT2D eigenvalue weighted by Gasteiger charge is 2.07. The minimum Gasteiger partial charge on any atom is -0.497 e. The molecule has 5 nitrogen and oxygen atoms in total. The number of carbonyl (C=O) groups excluding carboxylic acids is 1. The summed E-state index contributed by atoms with van der Waals surface area (Å²) in [7, 11) is 2.81. The summed E-state index contributed by atoms with van der Waals surface area (Å²) >= 11 is 5.53. The lowest BCUT2D eigenvalue weighted by atomic mass is 10.3. The van der Waals surface area contributed by atoms with Crippen molar-refractivity contribution in [1.29, 1.82) is 0 Å². The number of nitrogens with one attached hydrogen (secondary N) is 1. The van der Waals surface area contributed by atoms with Gasteiger partial charge >= 0.3 is 5.97 Å². The number of esters is 1. The number of ether oxygens (including phenoxy) is 2. The van der Waals surface area contributed by atoms with Gasteiger partial charge in [0.15, 0.2) is 0 Å². The number of halogens is 1. The van der Waals surface area contributed by atoms with E-state index in [-0.39, 0.29) is 5.17 Å². The summed E-state index contributed by atoms with van der Waals surface area (Å²) in [6.45, 7) is 0. The molecule has 0 atom stereocenters. The number of anilines is 1. The summed E-state index contributed by atoms with van der Waals surface area (Å²) in [6.07, 6.45) is 0. The van der Waals surface area contributed by atoms with Crippen molar-refractivity contribution < 1.29 is 14.3 Å². The Morgan fingerprint density at radius 2 is 1.94 bits per heavy atom. The molecule has 0 aliphatic rings. The normalized spacial score (nSPS) is 10.8. The molecule has 1 aromatic rings. The van der Waals surface area contributed by atoms with Gasteiger partial charge in [0.05, 0.1) is 19.9 Å². The third kappa shape index (κ3) is 3.43. The van der Waals surface area contributed by atoms with Crippen molar-refractivity contribution in [2.75, 3.05) is 19.6 Å². The van der Waals surface area contributed by atoms with Crippen molar-refractivity contribution in [1.82, 2.24) is 0 Å². The van der Waals surface area contributed by atoms with Gasteiger partial charge in [-0.2, -0.15) is 5.10 Å². The molecule has 6 heteroatoms. The summed E-state index contributed by atoms with van der Waals surface area (Å²) < 4.78 is 9.36. The van der Waals surface area contributed by atoms with Crippen LogP contribution in [0.15, 0.2) is 29.4 Å². The Bertz CT molecular complexity index is 390. The van der Waals surface area contributed by atoms with Gasteiger partial charge in [0, 0.05) is 0 Å². The molecular formula is C10H11ClN2O3. The first-order chi connectivity index (χ1) is 7.67. The fourth-order valence-electron chi connectivity index (χ4n) is 0.909. The third-order valence-electron chi connectivity index (χ3n) is 1.73. The number of rotatable bonds is 4. The van der Waals surface area contributed by atoms with E-state index in [0.717, 1.165) is 5.75 Å². The van der Waals surface area contributed by atoms with E-state index >= 15 is 0 Å². The number of benzene rings is 1. The Kier molecular flexibility index (Phi) is 4.60. The molecule has 16 heavy (non-hydrogen) atoms. The SMILES string of the molecule is COC(=O)/C(Cl)=N\Nc1ccc(OC)cc1. The lowest BCUT2D eigenvalue weighted by Gasteiger charge is -2.02.